The van der Waals surface area contributed by atoms with Gasteiger partial charge in [0.1, 0.15) is 0 Å². The summed E-state index contributed by atoms with van der Waals surface area (Å²) < 4.78 is 26.5. The van der Waals surface area contributed by atoms with Crippen molar-refractivity contribution in [1.29, 1.82) is 0 Å². The first-order chi connectivity index (χ1) is 9.48. The van der Waals surface area contributed by atoms with Gasteiger partial charge in [-0.3, -0.25) is 0 Å². The molecule has 0 saturated carbocycles. The molecule has 0 aliphatic carbocycles. The Morgan fingerprint density at radius 3 is 2.60 bits per heavy atom. The fourth-order valence-electron chi connectivity index (χ4n) is 2.06. The third-order valence-electron chi connectivity index (χ3n) is 2.88. The lowest BCUT2D eigenvalue weighted by molar-refractivity contribution is 0.568. The molecule has 0 atom stereocenters. The van der Waals surface area contributed by atoms with Crippen molar-refractivity contribution in [3.63, 3.8) is 0 Å². The first-order valence-electron chi connectivity index (χ1n) is 6.56. The van der Waals surface area contributed by atoms with Gasteiger partial charge in [-0.2, -0.15) is 11.3 Å². The molecule has 0 unspecified atom stereocenters. The minimum Gasteiger partial charge on any atom is -0.212 e. The number of nitrogens with one attached hydrogen (secondary N) is 1. The lowest BCUT2D eigenvalue weighted by Crippen LogP contribution is -2.28. The molecule has 0 amide bonds. The van der Waals surface area contributed by atoms with Gasteiger partial charge in [0.25, 0.3) is 0 Å². The number of sulfonamides is 1. The molecule has 0 aliphatic rings. The van der Waals surface area contributed by atoms with Crippen molar-refractivity contribution in [2.45, 2.75) is 20.4 Å². The molecule has 1 aromatic carbocycles. The summed E-state index contributed by atoms with van der Waals surface area (Å²) in [6.45, 7) is 4.14. The molecule has 5 heteroatoms. The van der Waals surface area contributed by atoms with E-state index in [-0.39, 0.29) is 11.7 Å². The normalized spacial score (nSPS) is 11.9. The molecule has 3 nitrogen and oxygen atoms in total. The lowest BCUT2D eigenvalue weighted by Gasteiger charge is -2.11. The highest BCUT2D eigenvalue weighted by Gasteiger charge is 2.13. The molecule has 0 fully saturated rings. The molecule has 0 bridgehead atoms. The molecule has 1 N–H and O–H groups in total. The zero-order chi connectivity index (χ0) is 14.6. The van der Waals surface area contributed by atoms with Crippen LogP contribution in [0.15, 0.2) is 41.1 Å². The first-order valence-corrected chi connectivity index (χ1v) is 9.15. The standard InChI is InChI=1S/C15H19NO2S2/c1-12(2)11-20(17,18)16-9-13-5-3-4-6-15(13)14-7-8-19-10-14/h3-8,10,12,16H,9,11H2,1-2H3. The average molecular weight is 309 g/mol. The Balaban J connectivity index is 2.15. The van der Waals surface area contributed by atoms with Gasteiger partial charge in [-0.1, -0.05) is 38.1 Å². The van der Waals surface area contributed by atoms with Crippen LogP contribution in [0.25, 0.3) is 11.1 Å². The number of thiophene rings is 1. The molecular weight excluding hydrogens is 290 g/mol. The van der Waals surface area contributed by atoms with E-state index in [1.807, 2.05) is 49.6 Å². The molecule has 20 heavy (non-hydrogen) atoms. The monoisotopic (exact) mass is 309 g/mol. The third kappa shape index (κ3) is 4.16. The Morgan fingerprint density at radius 2 is 1.95 bits per heavy atom. The molecule has 0 aliphatic heterocycles. The van der Waals surface area contributed by atoms with E-state index in [1.54, 1.807) is 11.3 Å². The summed E-state index contributed by atoms with van der Waals surface area (Å²) in [5.74, 6) is 0.285. The van der Waals surface area contributed by atoms with Gasteiger partial charge in [0.2, 0.25) is 10.0 Å². The van der Waals surface area contributed by atoms with Crippen molar-refractivity contribution in [2.75, 3.05) is 5.75 Å². The predicted octanol–water partition coefficient (Wildman–Crippen LogP) is 3.49. The first kappa shape index (κ1) is 15.2. The highest BCUT2D eigenvalue weighted by atomic mass is 32.2. The fourth-order valence-corrected chi connectivity index (χ4v) is 4.09. The maximum absolute atomic E-state index is 11.9. The predicted molar refractivity (Wildman–Crippen MR) is 85.2 cm³/mol. The van der Waals surface area contributed by atoms with Gasteiger partial charge in [-0.25, -0.2) is 13.1 Å². The van der Waals surface area contributed by atoms with Crippen LogP contribution < -0.4 is 4.72 Å². The Morgan fingerprint density at radius 1 is 1.20 bits per heavy atom. The van der Waals surface area contributed by atoms with Crippen LogP contribution in [0, 0.1) is 5.92 Å². The summed E-state index contributed by atoms with van der Waals surface area (Å²) in [6.07, 6.45) is 0. The van der Waals surface area contributed by atoms with Gasteiger partial charge in [-0.15, -0.1) is 0 Å². The summed E-state index contributed by atoms with van der Waals surface area (Å²) in [5.41, 5.74) is 3.22. The van der Waals surface area contributed by atoms with Crippen molar-refractivity contribution >= 4 is 21.4 Å². The minimum atomic E-state index is -3.21. The summed E-state index contributed by atoms with van der Waals surface area (Å²) >= 11 is 1.64. The van der Waals surface area contributed by atoms with Gasteiger partial charge in [0, 0.05) is 6.54 Å². The van der Waals surface area contributed by atoms with Gasteiger partial charge in [-0.05, 0) is 39.4 Å². The number of benzene rings is 1. The SMILES string of the molecule is CC(C)CS(=O)(=O)NCc1ccccc1-c1ccsc1. The molecule has 0 spiro atoms. The Labute approximate surface area is 124 Å². The van der Waals surface area contributed by atoms with Gasteiger partial charge in [0.15, 0.2) is 0 Å². The largest absolute Gasteiger partial charge is 0.212 e. The maximum Gasteiger partial charge on any atom is 0.212 e. The van der Waals surface area contributed by atoms with Crippen LogP contribution in [0.2, 0.25) is 0 Å². The highest BCUT2D eigenvalue weighted by Crippen LogP contribution is 2.25. The van der Waals surface area contributed by atoms with E-state index in [1.165, 1.54) is 0 Å². The van der Waals surface area contributed by atoms with E-state index >= 15 is 0 Å². The lowest BCUT2D eigenvalue weighted by atomic mass is 10.0. The van der Waals surface area contributed by atoms with Gasteiger partial charge in [0.05, 0.1) is 5.75 Å². The van der Waals surface area contributed by atoms with Crippen LogP contribution in [-0.4, -0.2) is 14.2 Å². The second kappa shape index (κ2) is 6.52. The summed E-state index contributed by atoms with van der Waals surface area (Å²) in [5, 5.41) is 4.09. The van der Waals surface area contributed by atoms with Crippen LogP contribution >= 0.6 is 11.3 Å². The van der Waals surface area contributed by atoms with Gasteiger partial charge >= 0.3 is 0 Å². The van der Waals surface area contributed by atoms with E-state index in [0.29, 0.717) is 6.54 Å². The second-order valence-corrected chi connectivity index (χ2v) is 7.80. The average Bonchev–Trinajstić information content (AvgIpc) is 2.89. The van der Waals surface area contributed by atoms with E-state index in [9.17, 15) is 8.42 Å². The third-order valence-corrected chi connectivity index (χ3v) is 5.26. The zero-order valence-electron chi connectivity index (χ0n) is 11.7. The Hall–Kier alpha value is -1.17. The van der Waals surface area contributed by atoms with E-state index < -0.39 is 10.0 Å². The maximum atomic E-state index is 11.9. The zero-order valence-corrected chi connectivity index (χ0v) is 13.3. The van der Waals surface area contributed by atoms with Crippen molar-refractivity contribution in [3.8, 4) is 11.1 Å². The molecule has 1 aromatic heterocycles. The Bertz CT molecular complexity index is 646. The van der Waals surface area contributed by atoms with Crippen molar-refractivity contribution < 1.29 is 8.42 Å². The number of hydrogen-bond acceptors (Lipinski definition) is 3. The minimum absolute atomic E-state index is 0.125. The van der Waals surface area contributed by atoms with Crippen LogP contribution in [0.4, 0.5) is 0 Å². The van der Waals surface area contributed by atoms with E-state index in [2.05, 4.69) is 10.1 Å². The topological polar surface area (TPSA) is 46.2 Å². The van der Waals surface area contributed by atoms with E-state index in [0.717, 1.165) is 16.7 Å². The van der Waals surface area contributed by atoms with Crippen LogP contribution in [0.5, 0.6) is 0 Å². The number of hydrogen-bond donors (Lipinski definition) is 1. The highest BCUT2D eigenvalue weighted by molar-refractivity contribution is 7.89. The molecule has 2 rings (SSSR count). The van der Waals surface area contributed by atoms with Crippen LogP contribution in [-0.2, 0) is 16.6 Å². The summed E-state index contributed by atoms with van der Waals surface area (Å²) in [6, 6.07) is 9.94. The summed E-state index contributed by atoms with van der Waals surface area (Å²) in [7, 11) is -3.21. The molecule has 1 heterocycles. The smallest absolute Gasteiger partial charge is 0.212 e. The molecule has 2 aromatic rings. The number of rotatable bonds is 6. The Kier molecular flexibility index (Phi) is 4.96. The van der Waals surface area contributed by atoms with Crippen LogP contribution in [0.1, 0.15) is 19.4 Å². The van der Waals surface area contributed by atoms with E-state index in [4.69, 9.17) is 0 Å². The fraction of sp³-hybridized carbons (Fsp3) is 0.333. The van der Waals surface area contributed by atoms with Crippen LogP contribution in [0.3, 0.4) is 0 Å². The van der Waals surface area contributed by atoms with Crippen molar-refractivity contribution in [3.05, 3.63) is 46.7 Å². The quantitative estimate of drug-likeness (QED) is 0.888. The molecule has 0 saturated heterocycles. The molecular formula is C15H19NO2S2. The summed E-state index contributed by atoms with van der Waals surface area (Å²) in [4.78, 5) is 0. The molecule has 0 radical (unpaired) electrons. The van der Waals surface area contributed by atoms with Crippen molar-refractivity contribution in [2.24, 2.45) is 5.92 Å². The second-order valence-electron chi connectivity index (χ2n) is 5.17. The van der Waals surface area contributed by atoms with Crippen molar-refractivity contribution in [1.82, 2.24) is 4.72 Å². The molecule has 108 valence electrons. The van der Waals surface area contributed by atoms with Gasteiger partial charge < -0.3 is 0 Å².